The minimum absolute atomic E-state index is 1.14. The zero-order valence-electron chi connectivity index (χ0n) is 30.5. The molecule has 0 atom stereocenters. The quantitative estimate of drug-likeness (QED) is 0.144. The maximum Gasteiger partial charge on any atom is 0.102 e. The van der Waals surface area contributed by atoms with Gasteiger partial charge in [-0.2, -0.15) is 0 Å². The average Bonchev–Trinajstić information content (AvgIpc) is 4.07. The summed E-state index contributed by atoms with van der Waals surface area (Å²) < 4.78 is 6.63. The third kappa shape index (κ3) is 5.99. The Kier molecular flexibility index (Phi) is 8.59. The molecule has 0 saturated heterocycles. The van der Waals surface area contributed by atoms with E-state index < -0.39 is 0 Å². The van der Waals surface area contributed by atoms with Gasteiger partial charge in [0.25, 0.3) is 0 Å². The average molecular weight is 804 g/mol. The van der Waals surface area contributed by atoms with E-state index in [0.717, 1.165) is 34.1 Å². The molecule has 0 spiro atoms. The first-order chi connectivity index (χ1) is 28.3. The van der Waals surface area contributed by atoms with Crippen molar-refractivity contribution in [2.24, 2.45) is 0 Å². The first-order valence-electron chi connectivity index (χ1n) is 18.8. The molecule has 0 saturated carbocycles. The molecule has 3 nitrogen and oxygen atoms in total. The van der Waals surface area contributed by atoms with E-state index in [-0.39, 0.29) is 0 Å². The predicted molar refractivity (Wildman–Crippen MR) is 252 cm³/mol. The van der Waals surface area contributed by atoms with Gasteiger partial charge in [0.15, 0.2) is 0 Å². The molecule has 7 aromatic carbocycles. The van der Waals surface area contributed by atoms with Gasteiger partial charge >= 0.3 is 0 Å². The normalized spacial score (nSPS) is 11.5. The van der Waals surface area contributed by atoms with Crippen molar-refractivity contribution in [1.29, 1.82) is 0 Å². The highest BCUT2D eigenvalue weighted by Gasteiger charge is 2.26. The van der Waals surface area contributed by atoms with Gasteiger partial charge in [-0.1, -0.05) is 109 Å². The molecule has 4 aromatic heterocycles. The molecule has 0 amide bonds. The summed E-state index contributed by atoms with van der Waals surface area (Å²) in [4.78, 5) is 7.21. The number of hydrogen-bond acceptors (Lipinski definition) is 7. The third-order valence-corrected chi connectivity index (χ3v) is 15.1. The van der Waals surface area contributed by atoms with Crippen molar-refractivity contribution >= 4 is 134 Å². The molecule has 7 heteroatoms. The van der Waals surface area contributed by atoms with E-state index in [9.17, 15) is 0 Å². The van der Waals surface area contributed by atoms with E-state index in [1.54, 1.807) is 0 Å². The third-order valence-electron chi connectivity index (χ3n) is 10.3. The molecule has 0 aliphatic carbocycles. The van der Waals surface area contributed by atoms with Crippen LogP contribution in [-0.4, -0.2) is 0 Å². The zero-order chi connectivity index (χ0) is 37.7. The van der Waals surface area contributed by atoms with E-state index in [4.69, 9.17) is 0 Å². The molecule has 0 aliphatic heterocycles. The summed E-state index contributed by atoms with van der Waals surface area (Å²) >= 11 is 7.60. The van der Waals surface area contributed by atoms with Gasteiger partial charge in [0, 0.05) is 59.7 Å². The maximum absolute atomic E-state index is 2.45. The second-order valence-corrected chi connectivity index (χ2v) is 17.9. The molecular weight excluding hydrogens is 771 g/mol. The predicted octanol–water partition coefficient (Wildman–Crippen LogP) is 17.0. The first kappa shape index (κ1) is 34.1. The van der Waals surface area contributed by atoms with Crippen LogP contribution in [0.4, 0.5) is 49.1 Å². The lowest BCUT2D eigenvalue weighted by Crippen LogP contribution is -2.07. The van der Waals surface area contributed by atoms with Gasteiger partial charge in [-0.05, 0) is 91.0 Å². The van der Waals surface area contributed by atoms with Crippen LogP contribution in [0.25, 0.3) is 39.7 Å². The van der Waals surface area contributed by atoms with Gasteiger partial charge < -0.3 is 14.7 Å². The Morgan fingerprint density at radius 2 is 0.561 bits per heavy atom. The topological polar surface area (TPSA) is 9.72 Å². The van der Waals surface area contributed by atoms with Gasteiger partial charge in [-0.25, -0.2) is 0 Å². The lowest BCUT2D eigenvalue weighted by atomic mass is 10.1. The molecule has 4 heterocycles. The van der Waals surface area contributed by atoms with Crippen LogP contribution in [0.15, 0.2) is 200 Å². The van der Waals surface area contributed by atoms with Crippen LogP contribution in [0.3, 0.4) is 0 Å². The fraction of sp³-hybridized carbons (Fsp3) is 0. The molecule has 272 valence electrons. The SMILES string of the molecule is c1ccc(N(c2ccccc2)c2cc3c(s2)c2sc(N(c4ccccc4)c4ccccc4)cc2c2c4sc(N(c5ccccc5)c5ccccc5)cc4sc32)cc1. The maximum atomic E-state index is 2.45. The Morgan fingerprint density at radius 1 is 0.263 bits per heavy atom. The van der Waals surface area contributed by atoms with Crippen molar-refractivity contribution in [3.8, 4) is 0 Å². The summed E-state index contributed by atoms with van der Waals surface area (Å²) in [6.07, 6.45) is 0. The second-order valence-electron chi connectivity index (χ2n) is 13.8. The van der Waals surface area contributed by atoms with Crippen molar-refractivity contribution in [1.82, 2.24) is 0 Å². The highest BCUT2D eigenvalue weighted by Crippen LogP contribution is 2.56. The number of thiophene rings is 4. The summed E-state index contributed by atoms with van der Waals surface area (Å²) in [5.41, 5.74) is 6.88. The van der Waals surface area contributed by atoms with E-state index in [1.165, 1.54) is 54.7 Å². The van der Waals surface area contributed by atoms with Gasteiger partial charge in [-0.3, -0.25) is 0 Å². The van der Waals surface area contributed by atoms with Crippen molar-refractivity contribution in [2.45, 2.75) is 0 Å². The number of nitrogens with zero attached hydrogens (tertiary/aromatic N) is 3. The number of rotatable bonds is 9. The lowest BCUT2D eigenvalue weighted by Gasteiger charge is -2.23. The van der Waals surface area contributed by atoms with Crippen LogP contribution in [0.5, 0.6) is 0 Å². The van der Waals surface area contributed by atoms with Crippen molar-refractivity contribution in [3.63, 3.8) is 0 Å². The van der Waals surface area contributed by atoms with Crippen LogP contribution < -0.4 is 14.7 Å². The number of hydrogen-bond donors (Lipinski definition) is 0. The molecule has 57 heavy (non-hydrogen) atoms. The molecule has 0 fully saturated rings. The minimum Gasteiger partial charge on any atom is -0.302 e. The Bertz CT molecular complexity index is 3000. The summed E-state index contributed by atoms with van der Waals surface area (Å²) in [6.45, 7) is 0. The molecule has 11 rings (SSSR count). The largest absolute Gasteiger partial charge is 0.302 e. The van der Waals surface area contributed by atoms with E-state index in [1.807, 2.05) is 45.3 Å². The lowest BCUT2D eigenvalue weighted by molar-refractivity contribution is 1.32. The number of para-hydroxylation sites is 6. The standard InChI is InChI=1S/C50H33N3S4/c1-7-19-34(20-8-1)51(35-21-9-2-10-22-35)43-31-40-46-47(54-42-33-45(57-50(42)46)53(38-27-15-5-16-28-38)39-29-17-6-18-30-39)41-32-44(56-49(41)48(40)55-43)52(36-23-11-3-12-24-36)37-25-13-4-14-26-37/h1-33H. The van der Waals surface area contributed by atoms with Gasteiger partial charge in [-0.15, -0.1) is 45.3 Å². The van der Waals surface area contributed by atoms with E-state index in [0.29, 0.717) is 0 Å². The van der Waals surface area contributed by atoms with E-state index >= 15 is 0 Å². The fourth-order valence-corrected chi connectivity index (χ4v) is 13.1. The minimum atomic E-state index is 1.14. The van der Waals surface area contributed by atoms with Crippen LogP contribution in [-0.2, 0) is 0 Å². The van der Waals surface area contributed by atoms with Crippen molar-refractivity contribution < 1.29 is 0 Å². The van der Waals surface area contributed by atoms with Gasteiger partial charge in [0.05, 0.1) is 14.1 Å². The van der Waals surface area contributed by atoms with Crippen LogP contribution >= 0.6 is 45.3 Å². The molecule has 11 aromatic rings. The summed E-state index contributed by atoms with van der Waals surface area (Å²) in [5, 5.41) is 7.56. The first-order valence-corrected chi connectivity index (χ1v) is 22.1. The van der Waals surface area contributed by atoms with Crippen LogP contribution in [0.2, 0.25) is 0 Å². The monoisotopic (exact) mass is 803 g/mol. The Hall–Kier alpha value is -6.22. The summed E-state index contributed by atoms with van der Waals surface area (Å²) in [5.74, 6) is 0. The van der Waals surface area contributed by atoms with Crippen molar-refractivity contribution in [3.05, 3.63) is 200 Å². The van der Waals surface area contributed by atoms with E-state index in [2.05, 4.69) is 215 Å². The highest BCUT2D eigenvalue weighted by atomic mass is 32.1. The molecule has 0 N–H and O–H groups in total. The Balaban J connectivity index is 1.19. The van der Waals surface area contributed by atoms with Gasteiger partial charge in [0.1, 0.15) is 15.0 Å². The molecular formula is C50H33N3S4. The van der Waals surface area contributed by atoms with Crippen LogP contribution in [0.1, 0.15) is 0 Å². The molecule has 0 bridgehead atoms. The zero-order valence-corrected chi connectivity index (χ0v) is 33.8. The second kappa shape index (κ2) is 14.4. The van der Waals surface area contributed by atoms with Gasteiger partial charge in [0.2, 0.25) is 0 Å². The number of anilines is 9. The smallest absolute Gasteiger partial charge is 0.102 e. The fourth-order valence-electron chi connectivity index (χ4n) is 7.76. The number of fused-ring (bicyclic) bond motifs is 8. The van der Waals surface area contributed by atoms with Crippen LogP contribution in [0, 0.1) is 0 Å². The molecule has 0 aliphatic rings. The highest BCUT2D eigenvalue weighted by molar-refractivity contribution is 7.36. The Morgan fingerprint density at radius 3 is 0.930 bits per heavy atom. The molecule has 0 radical (unpaired) electrons. The summed E-state index contributed by atoms with van der Waals surface area (Å²) in [7, 11) is 0. The Labute approximate surface area is 346 Å². The van der Waals surface area contributed by atoms with Crippen molar-refractivity contribution in [2.75, 3.05) is 14.7 Å². The number of benzene rings is 7. The summed E-state index contributed by atoms with van der Waals surface area (Å²) in [6, 6.07) is 71.8. The molecule has 0 unspecified atom stereocenters.